The first-order valence-corrected chi connectivity index (χ1v) is 7.35. The Morgan fingerprint density at radius 2 is 1.85 bits per heavy atom. The molecule has 0 saturated heterocycles. The van der Waals surface area contributed by atoms with E-state index in [-0.39, 0.29) is 0 Å². The first-order valence-electron chi connectivity index (χ1n) is 6.81. The lowest BCUT2D eigenvalue weighted by molar-refractivity contribution is 0.525. The fraction of sp³-hybridized carbons (Fsp3) is 0.250. The molecule has 100 valence electrons. The van der Waals surface area contributed by atoms with E-state index in [2.05, 4.69) is 38.8 Å². The molecule has 0 aliphatic heterocycles. The molecule has 0 N–H and O–H groups in total. The molecule has 2 heterocycles. The molecule has 0 saturated carbocycles. The number of fused-ring (bicyclic) bond motifs is 2. The first kappa shape index (κ1) is 11.9. The summed E-state index contributed by atoms with van der Waals surface area (Å²) in [5.74, 6) is 1.33. The highest BCUT2D eigenvalue weighted by molar-refractivity contribution is 6.16. The number of nitrogens with zero attached hydrogens (tertiary/aromatic N) is 3. The average molecular weight is 284 g/mol. The number of hydrogen-bond donors (Lipinski definition) is 0. The third-order valence-electron chi connectivity index (χ3n) is 4.04. The smallest absolute Gasteiger partial charge is 0.160 e. The van der Waals surface area contributed by atoms with Crippen molar-refractivity contribution in [2.24, 2.45) is 0 Å². The summed E-state index contributed by atoms with van der Waals surface area (Å²) < 4.78 is 2.22. The number of hydrogen-bond acceptors (Lipinski definition) is 2. The van der Waals surface area contributed by atoms with Gasteiger partial charge < -0.3 is 4.57 Å². The molecule has 4 heteroatoms. The Labute approximate surface area is 122 Å². The number of benzene rings is 1. The lowest BCUT2D eigenvalue weighted by Crippen LogP contribution is -2.12. The highest BCUT2D eigenvalue weighted by Crippen LogP contribution is 2.33. The second kappa shape index (κ2) is 4.60. The van der Waals surface area contributed by atoms with Crippen molar-refractivity contribution in [3.63, 3.8) is 0 Å². The zero-order chi connectivity index (χ0) is 13.5. The largest absolute Gasteiger partial charge is 0.308 e. The Balaban J connectivity index is 1.84. The van der Waals surface area contributed by atoms with Crippen molar-refractivity contribution in [2.75, 3.05) is 0 Å². The first-order chi connectivity index (χ1) is 9.86. The van der Waals surface area contributed by atoms with Crippen LogP contribution in [0.2, 0.25) is 0 Å². The molecular formula is C16H14ClN3. The van der Waals surface area contributed by atoms with E-state index in [9.17, 15) is 0 Å². The van der Waals surface area contributed by atoms with Gasteiger partial charge in [0.05, 0.1) is 5.88 Å². The minimum absolute atomic E-state index is 0.376. The van der Waals surface area contributed by atoms with Crippen LogP contribution in [-0.4, -0.2) is 14.5 Å². The van der Waals surface area contributed by atoms with Gasteiger partial charge in [-0.3, -0.25) is 0 Å². The molecule has 3 aromatic rings. The van der Waals surface area contributed by atoms with Gasteiger partial charge >= 0.3 is 0 Å². The summed E-state index contributed by atoms with van der Waals surface area (Å²) in [6, 6.07) is 12.9. The summed E-state index contributed by atoms with van der Waals surface area (Å²) in [7, 11) is 0. The van der Waals surface area contributed by atoms with E-state index in [1.165, 1.54) is 11.1 Å². The Morgan fingerprint density at radius 3 is 2.55 bits per heavy atom. The van der Waals surface area contributed by atoms with Gasteiger partial charge in [0.2, 0.25) is 0 Å². The summed E-state index contributed by atoms with van der Waals surface area (Å²) in [5.41, 5.74) is 4.73. The molecule has 4 rings (SSSR count). The monoisotopic (exact) mass is 283 g/mol. The molecule has 3 nitrogen and oxygen atoms in total. The van der Waals surface area contributed by atoms with Crippen LogP contribution in [0.4, 0.5) is 0 Å². The molecule has 1 aliphatic carbocycles. The lowest BCUT2D eigenvalue weighted by atomic mass is 10.1. The fourth-order valence-electron chi connectivity index (χ4n) is 3.17. The van der Waals surface area contributed by atoms with Gasteiger partial charge in [0.1, 0.15) is 11.3 Å². The van der Waals surface area contributed by atoms with Crippen LogP contribution in [0.15, 0.2) is 42.6 Å². The van der Waals surface area contributed by atoms with Gasteiger partial charge in [0, 0.05) is 12.2 Å². The maximum absolute atomic E-state index is 6.08. The van der Waals surface area contributed by atoms with Crippen molar-refractivity contribution < 1.29 is 0 Å². The molecule has 0 atom stereocenters. The Hall–Kier alpha value is -1.87. The van der Waals surface area contributed by atoms with Crippen LogP contribution < -0.4 is 0 Å². The number of alkyl halides is 1. The molecule has 0 spiro atoms. The second-order valence-corrected chi connectivity index (χ2v) is 5.48. The topological polar surface area (TPSA) is 30.7 Å². The fourth-order valence-corrected chi connectivity index (χ4v) is 3.36. The number of halogens is 1. The molecule has 1 aliphatic rings. The van der Waals surface area contributed by atoms with Crippen LogP contribution in [0.5, 0.6) is 0 Å². The van der Waals surface area contributed by atoms with Crippen molar-refractivity contribution in [2.45, 2.75) is 24.8 Å². The minimum atomic E-state index is 0.376. The summed E-state index contributed by atoms with van der Waals surface area (Å²) >= 11 is 6.08. The van der Waals surface area contributed by atoms with Gasteiger partial charge in [0.15, 0.2) is 5.65 Å². The molecule has 0 fully saturated rings. The average Bonchev–Trinajstić information content (AvgIpc) is 3.07. The summed E-state index contributed by atoms with van der Waals surface area (Å²) in [6.07, 6.45) is 3.88. The third kappa shape index (κ3) is 1.74. The number of imidazole rings is 1. The second-order valence-electron chi connectivity index (χ2n) is 5.21. The lowest BCUT2D eigenvalue weighted by Gasteiger charge is -2.14. The van der Waals surface area contributed by atoms with E-state index in [0.29, 0.717) is 11.9 Å². The van der Waals surface area contributed by atoms with Gasteiger partial charge in [-0.25, -0.2) is 9.97 Å². The quantitative estimate of drug-likeness (QED) is 0.674. The van der Waals surface area contributed by atoms with Crippen LogP contribution >= 0.6 is 11.6 Å². The number of rotatable bonds is 2. The standard InChI is InChI=1S/C16H14ClN3/c17-10-15-19-14-6-3-7-18-16(14)20(15)13-8-11-4-1-2-5-12(11)9-13/h1-7,13H,8-10H2. The van der Waals surface area contributed by atoms with Crippen molar-refractivity contribution in [3.05, 3.63) is 59.5 Å². The van der Waals surface area contributed by atoms with Crippen molar-refractivity contribution >= 4 is 22.8 Å². The normalized spacial score (nSPS) is 14.8. The summed E-state index contributed by atoms with van der Waals surface area (Å²) in [4.78, 5) is 9.11. The highest BCUT2D eigenvalue weighted by atomic mass is 35.5. The van der Waals surface area contributed by atoms with Gasteiger partial charge in [-0.15, -0.1) is 11.6 Å². The van der Waals surface area contributed by atoms with Crippen LogP contribution in [0.25, 0.3) is 11.2 Å². The van der Waals surface area contributed by atoms with Gasteiger partial charge in [-0.1, -0.05) is 24.3 Å². The predicted molar refractivity (Wildman–Crippen MR) is 80.0 cm³/mol. The number of pyridine rings is 1. The molecule has 0 radical (unpaired) electrons. The van der Waals surface area contributed by atoms with E-state index < -0.39 is 0 Å². The van der Waals surface area contributed by atoms with E-state index in [0.717, 1.165) is 29.8 Å². The summed E-state index contributed by atoms with van der Waals surface area (Å²) in [5, 5.41) is 0. The van der Waals surface area contributed by atoms with E-state index in [1.807, 2.05) is 18.3 Å². The van der Waals surface area contributed by atoms with E-state index in [1.54, 1.807) is 0 Å². The van der Waals surface area contributed by atoms with Gasteiger partial charge in [-0.05, 0) is 36.1 Å². The van der Waals surface area contributed by atoms with Crippen LogP contribution in [0, 0.1) is 0 Å². The number of aromatic nitrogens is 3. The maximum atomic E-state index is 6.08. The Morgan fingerprint density at radius 1 is 1.10 bits per heavy atom. The van der Waals surface area contributed by atoms with Crippen molar-refractivity contribution in [1.29, 1.82) is 0 Å². The predicted octanol–water partition coefficient (Wildman–Crippen LogP) is 3.51. The Bertz CT molecular complexity index is 753. The molecule has 0 amide bonds. The molecule has 0 bridgehead atoms. The van der Waals surface area contributed by atoms with E-state index in [4.69, 9.17) is 11.6 Å². The zero-order valence-corrected chi connectivity index (χ0v) is 11.7. The molecule has 1 aromatic carbocycles. The third-order valence-corrected chi connectivity index (χ3v) is 4.28. The molecule has 2 aromatic heterocycles. The van der Waals surface area contributed by atoms with Crippen LogP contribution in [-0.2, 0) is 18.7 Å². The summed E-state index contributed by atoms with van der Waals surface area (Å²) in [6.45, 7) is 0. The SMILES string of the molecule is ClCc1nc2cccnc2n1C1Cc2ccccc2C1. The molecule has 20 heavy (non-hydrogen) atoms. The van der Waals surface area contributed by atoms with Crippen molar-refractivity contribution in [1.82, 2.24) is 14.5 Å². The minimum Gasteiger partial charge on any atom is -0.308 e. The van der Waals surface area contributed by atoms with Crippen LogP contribution in [0.3, 0.4) is 0 Å². The highest BCUT2D eigenvalue weighted by Gasteiger charge is 2.26. The van der Waals surface area contributed by atoms with E-state index >= 15 is 0 Å². The van der Waals surface area contributed by atoms with Gasteiger partial charge in [-0.2, -0.15) is 0 Å². The zero-order valence-electron chi connectivity index (χ0n) is 11.0. The van der Waals surface area contributed by atoms with Crippen molar-refractivity contribution in [3.8, 4) is 0 Å². The maximum Gasteiger partial charge on any atom is 0.160 e. The van der Waals surface area contributed by atoms with Gasteiger partial charge in [0.25, 0.3) is 0 Å². The van der Waals surface area contributed by atoms with Crippen LogP contribution in [0.1, 0.15) is 23.0 Å². The molecule has 0 unspecified atom stereocenters. The Kier molecular flexibility index (Phi) is 2.74. The molecular weight excluding hydrogens is 270 g/mol.